The average Bonchev–Trinajstić information content (AvgIpc) is 2.37. The zero-order chi connectivity index (χ0) is 9.15. The van der Waals surface area contributed by atoms with Gasteiger partial charge in [0.25, 0.3) is 0 Å². The lowest BCUT2D eigenvalue weighted by atomic mass is 9.86. The molecule has 0 heterocycles. The summed E-state index contributed by atoms with van der Waals surface area (Å²) in [5.41, 5.74) is -0.0560. The van der Waals surface area contributed by atoms with E-state index in [1.54, 1.807) is 0 Å². The lowest BCUT2D eigenvalue weighted by molar-refractivity contribution is 0.0250. The number of aliphatic hydroxyl groups is 1. The molecule has 0 aliphatic heterocycles. The number of hydrogen-bond donors (Lipinski definition) is 2. The molecule has 2 heteroatoms. The van der Waals surface area contributed by atoms with Crippen LogP contribution in [0.1, 0.15) is 33.6 Å². The molecule has 0 saturated heterocycles. The predicted octanol–water partition coefficient (Wildman–Crippen LogP) is 2.10. The first-order chi connectivity index (χ1) is 5.36. The summed E-state index contributed by atoms with van der Waals surface area (Å²) in [6.45, 7) is 6.55. The Kier molecular flexibility index (Phi) is 1.64. The van der Waals surface area contributed by atoms with E-state index in [0.717, 1.165) is 24.7 Å². The van der Waals surface area contributed by atoms with Crippen LogP contribution in [0.5, 0.6) is 0 Å². The quantitative estimate of drug-likeness (QED) is 0.555. The fourth-order valence-corrected chi connectivity index (χ4v) is 3.14. The summed E-state index contributed by atoms with van der Waals surface area (Å²) >= 11 is 4.46. The third-order valence-corrected chi connectivity index (χ3v) is 4.88. The molecule has 2 aliphatic carbocycles. The zero-order valence-corrected chi connectivity index (χ0v) is 8.94. The second-order valence-corrected chi connectivity index (χ2v) is 5.97. The van der Waals surface area contributed by atoms with Crippen molar-refractivity contribution >= 4 is 12.6 Å². The first kappa shape index (κ1) is 8.89. The molecule has 2 rings (SSSR count). The molecule has 12 heavy (non-hydrogen) atoms. The number of fused-ring (bicyclic) bond motifs is 1. The molecule has 0 radical (unpaired) electrons. The Labute approximate surface area is 80.0 Å². The van der Waals surface area contributed by atoms with Crippen molar-refractivity contribution in [3.8, 4) is 0 Å². The zero-order valence-electron chi connectivity index (χ0n) is 8.04. The van der Waals surface area contributed by atoms with E-state index < -0.39 is 5.60 Å². The van der Waals surface area contributed by atoms with Gasteiger partial charge in [0.1, 0.15) is 0 Å². The Bertz CT molecular complexity index is 210. The van der Waals surface area contributed by atoms with E-state index in [1.165, 1.54) is 0 Å². The van der Waals surface area contributed by atoms with Crippen LogP contribution in [0.3, 0.4) is 0 Å². The van der Waals surface area contributed by atoms with Crippen LogP contribution in [0, 0.1) is 17.3 Å². The maximum atomic E-state index is 10.00. The first-order valence-corrected chi connectivity index (χ1v) is 5.28. The predicted molar refractivity (Wildman–Crippen MR) is 53.4 cm³/mol. The van der Waals surface area contributed by atoms with Gasteiger partial charge in [0.2, 0.25) is 0 Å². The van der Waals surface area contributed by atoms with Gasteiger partial charge < -0.3 is 5.11 Å². The molecule has 2 aliphatic rings. The molecule has 1 nitrogen and oxygen atoms in total. The van der Waals surface area contributed by atoms with E-state index in [0.29, 0.717) is 5.41 Å². The molecule has 2 saturated carbocycles. The van der Waals surface area contributed by atoms with Crippen molar-refractivity contribution < 1.29 is 5.11 Å². The van der Waals surface area contributed by atoms with E-state index in [1.807, 2.05) is 6.92 Å². The third-order valence-electron chi connectivity index (χ3n) is 4.12. The van der Waals surface area contributed by atoms with Gasteiger partial charge in [0.05, 0.1) is 5.60 Å². The Balaban J connectivity index is 2.14. The maximum absolute atomic E-state index is 10.00. The Morgan fingerprint density at radius 2 is 1.83 bits per heavy atom. The number of hydrogen-bond acceptors (Lipinski definition) is 2. The van der Waals surface area contributed by atoms with Crippen molar-refractivity contribution in [3.63, 3.8) is 0 Å². The molecule has 0 aromatic rings. The summed E-state index contributed by atoms with van der Waals surface area (Å²) in [5.74, 6) is 1.57. The van der Waals surface area contributed by atoms with Crippen molar-refractivity contribution in [2.24, 2.45) is 17.3 Å². The van der Waals surface area contributed by atoms with Gasteiger partial charge in [-0.3, -0.25) is 0 Å². The van der Waals surface area contributed by atoms with Crippen LogP contribution in [0.4, 0.5) is 0 Å². The van der Waals surface area contributed by atoms with E-state index in [2.05, 4.69) is 26.5 Å². The smallest absolute Gasteiger partial charge is 0.0738 e. The molecule has 4 atom stereocenters. The van der Waals surface area contributed by atoms with Crippen LogP contribution >= 0.6 is 12.6 Å². The molecular weight excluding hydrogens is 168 g/mol. The van der Waals surface area contributed by atoms with Crippen LogP contribution in [0.25, 0.3) is 0 Å². The normalized spacial score (nSPS) is 56.2. The van der Waals surface area contributed by atoms with Crippen molar-refractivity contribution in [2.45, 2.75) is 44.5 Å². The molecule has 1 N–H and O–H groups in total. The Morgan fingerprint density at radius 3 is 2.33 bits per heavy atom. The first-order valence-electron chi connectivity index (χ1n) is 4.76. The van der Waals surface area contributed by atoms with Crippen molar-refractivity contribution in [2.75, 3.05) is 0 Å². The Hall–Kier alpha value is 0.310. The van der Waals surface area contributed by atoms with E-state index >= 15 is 0 Å². The minimum absolute atomic E-state index is 0.181. The highest BCUT2D eigenvalue weighted by atomic mass is 32.1. The third kappa shape index (κ3) is 1.04. The van der Waals surface area contributed by atoms with Crippen molar-refractivity contribution in [1.82, 2.24) is 0 Å². The summed E-state index contributed by atoms with van der Waals surface area (Å²) < 4.78 is 0. The van der Waals surface area contributed by atoms with Gasteiger partial charge in [0.15, 0.2) is 0 Å². The summed E-state index contributed by atoms with van der Waals surface area (Å²) in [6.07, 6.45) is 2.03. The second-order valence-electron chi connectivity index (χ2n) is 5.35. The van der Waals surface area contributed by atoms with Crippen LogP contribution in [0.2, 0.25) is 0 Å². The van der Waals surface area contributed by atoms with Gasteiger partial charge in [-0.1, -0.05) is 13.8 Å². The summed E-state index contributed by atoms with van der Waals surface area (Å²) in [6, 6.07) is 0. The lowest BCUT2D eigenvalue weighted by Crippen LogP contribution is -2.39. The summed E-state index contributed by atoms with van der Waals surface area (Å²) in [7, 11) is 0. The second kappa shape index (κ2) is 2.21. The fourth-order valence-electron chi connectivity index (χ4n) is 2.81. The van der Waals surface area contributed by atoms with Gasteiger partial charge in [0, 0.05) is 5.25 Å². The molecule has 0 aromatic carbocycles. The van der Waals surface area contributed by atoms with Gasteiger partial charge in [-0.15, -0.1) is 0 Å². The SMILES string of the molecule is CC1(C)[C@@H]2C[C@H](S)[C@@](C)(O)C[C@@H]21. The molecule has 0 amide bonds. The number of thiol groups is 1. The molecule has 2 fully saturated rings. The minimum atomic E-state index is -0.530. The standard InChI is InChI=1S/C10H18OS/c1-9(2)6-4-8(12)10(3,11)5-7(6)9/h6-8,11-12H,4-5H2,1-3H3/t6-,7+,8+,10+/m1/s1. The van der Waals surface area contributed by atoms with Gasteiger partial charge in [-0.25, -0.2) is 0 Å². The molecule has 70 valence electrons. The molecular formula is C10H18OS. The topological polar surface area (TPSA) is 20.2 Å². The fraction of sp³-hybridized carbons (Fsp3) is 1.00. The van der Waals surface area contributed by atoms with Crippen LogP contribution in [-0.2, 0) is 0 Å². The van der Waals surface area contributed by atoms with E-state index in [9.17, 15) is 5.11 Å². The van der Waals surface area contributed by atoms with Gasteiger partial charge in [-0.2, -0.15) is 12.6 Å². The van der Waals surface area contributed by atoms with Crippen LogP contribution in [-0.4, -0.2) is 16.0 Å². The van der Waals surface area contributed by atoms with Crippen molar-refractivity contribution in [1.29, 1.82) is 0 Å². The van der Waals surface area contributed by atoms with E-state index in [-0.39, 0.29) is 5.25 Å². The van der Waals surface area contributed by atoms with Crippen molar-refractivity contribution in [3.05, 3.63) is 0 Å². The van der Waals surface area contributed by atoms with Crippen LogP contribution in [0.15, 0.2) is 0 Å². The van der Waals surface area contributed by atoms with Gasteiger partial charge >= 0.3 is 0 Å². The summed E-state index contributed by atoms with van der Waals surface area (Å²) in [4.78, 5) is 0. The maximum Gasteiger partial charge on any atom is 0.0738 e. The molecule has 0 unspecified atom stereocenters. The lowest BCUT2D eigenvalue weighted by Gasteiger charge is -2.33. The molecule has 0 spiro atoms. The largest absolute Gasteiger partial charge is 0.389 e. The Morgan fingerprint density at radius 1 is 1.25 bits per heavy atom. The highest BCUT2D eigenvalue weighted by Crippen LogP contribution is 2.66. The van der Waals surface area contributed by atoms with Crippen LogP contribution < -0.4 is 0 Å². The molecule has 0 bridgehead atoms. The average molecular weight is 186 g/mol. The van der Waals surface area contributed by atoms with Gasteiger partial charge in [-0.05, 0) is 37.0 Å². The highest BCUT2D eigenvalue weighted by molar-refractivity contribution is 7.81. The van der Waals surface area contributed by atoms with E-state index in [4.69, 9.17) is 0 Å². The minimum Gasteiger partial charge on any atom is -0.389 e. The highest BCUT2D eigenvalue weighted by Gasteiger charge is 2.63. The summed E-state index contributed by atoms with van der Waals surface area (Å²) in [5, 5.41) is 10.2. The molecule has 0 aromatic heterocycles. The number of rotatable bonds is 0. The monoisotopic (exact) mass is 186 g/mol.